The molecule has 0 bridgehead atoms. The summed E-state index contributed by atoms with van der Waals surface area (Å²) in [4.78, 5) is 3.23. The van der Waals surface area contributed by atoms with Crippen LogP contribution in [0.2, 0.25) is 0 Å². The van der Waals surface area contributed by atoms with Crippen molar-refractivity contribution in [2.24, 2.45) is 0 Å². The average molecular weight is 367 g/mol. The van der Waals surface area contributed by atoms with Gasteiger partial charge in [-0.1, -0.05) is 62.6 Å². The van der Waals surface area contributed by atoms with E-state index >= 15 is 0 Å². The van der Waals surface area contributed by atoms with Crippen molar-refractivity contribution in [1.82, 2.24) is 4.98 Å². The Morgan fingerprint density at radius 3 is 2.00 bits per heavy atom. The van der Waals surface area contributed by atoms with Crippen molar-refractivity contribution in [1.29, 1.82) is 0 Å². The lowest BCUT2D eigenvalue weighted by Gasteiger charge is -2.08. The predicted molar refractivity (Wildman–Crippen MR) is 105 cm³/mol. The van der Waals surface area contributed by atoms with Crippen molar-refractivity contribution in [3.05, 3.63) is 72.6 Å². The van der Waals surface area contributed by atoms with E-state index in [1.54, 1.807) is 0 Å². The number of ether oxygens (including phenoxy) is 1. The molecule has 0 N–H and O–H groups in total. The molecule has 0 saturated heterocycles. The molecule has 4 heteroatoms. The summed E-state index contributed by atoms with van der Waals surface area (Å²) in [5, 5.41) is 0. The third-order valence-corrected chi connectivity index (χ3v) is 4.46. The Labute approximate surface area is 158 Å². The number of nitrogens with zero attached hydrogens (tertiary/aromatic N) is 1. The van der Waals surface area contributed by atoms with E-state index in [-0.39, 0.29) is 5.56 Å². The van der Waals surface area contributed by atoms with Gasteiger partial charge in [0, 0.05) is 5.56 Å². The van der Waals surface area contributed by atoms with Crippen LogP contribution in [0, 0.1) is 11.9 Å². The lowest BCUT2D eigenvalue weighted by atomic mass is 10.0. The van der Waals surface area contributed by atoms with Crippen LogP contribution >= 0.6 is 0 Å². The molecule has 0 radical (unpaired) electrons. The lowest BCUT2D eigenvalue weighted by Crippen LogP contribution is -1.96. The molecule has 0 aliphatic heterocycles. The smallest absolute Gasteiger partial charge is 0.223 e. The number of benzene rings is 2. The van der Waals surface area contributed by atoms with E-state index in [0.29, 0.717) is 5.56 Å². The van der Waals surface area contributed by atoms with Crippen LogP contribution in [0.1, 0.15) is 32.6 Å². The molecule has 0 aliphatic carbocycles. The van der Waals surface area contributed by atoms with Crippen molar-refractivity contribution in [2.75, 3.05) is 6.61 Å². The number of unbranched alkanes of at least 4 members (excludes halogenated alkanes) is 3. The topological polar surface area (TPSA) is 22.1 Å². The maximum atomic E-state index is 13.8. The van der Waals surface area contributed by atoms with Gasteiger partial charge in [-0.25, -0.2) is 0 Å². The van der Waals surface area contributed by atoms with Crippen LogP contribution in [0.4, 0.5) is 8.78 Å². The Balaban J connectivity index is 1.65. The molecule has 27 heavy (non-hydrogen) atoms. The van der Waals surface area contributed by atoms with E-state index in [4.69, 9.17) is 4.74 Å². The van der Waals surface area contributed by atoms with E-state index in [1.807, 2.05) is 48.5 Å². The number of aromatic nitrogens is 1. The standard InChI is InChI=1S/C23H23F2NO/c1-2-3-4-5-16-27-20-12-10-18(11-13-20)17-6-8-19(9-7-17)21-14-15-22(24)26-23(21)25/h6-15H,2-5,16H2,1H3. The van der Waals surface area contributed by atoms with Crippen LogP contribution in [-0.4, -0.2) is 11.6 Å². The van der Waals surface area contributed by atoms with Crippen LogP contribution in [0.5, 0.6) is 5.75 Å². The summed E-state index contributed by atoms with van der Waals surface area (Å²) in [5.74, 6) is -0.755. The maximum Gasteiger partial charge on any atom is 0.223 e. The summed E-state index contributed by atoms with van der Waals surface area (Å²) < 4.78 is 32.5. The zero-order chi connectivity index (χ0) is 19.1. The van der Waals surface area contributed by atoms with Crippen LogP contribution in [-0.2, 0) is 0 Å². The van der Waals surface area contributed by atoms with Crippen LogP contribution in [0.25, 0.3) is 22.3 Å². The molecule has 3 rings (SSSR count). The minimum absolute atomic E-state index is 0.287. The molecule has 2 aromatic carbocycles. The van der Waals surface area contributed by atoms with Gasteiger partial charge in [0.05, 0.1) is 6.61 Å². The Morgan fingerprint density at radius 2 is 1.37 bits per heavy atom. The lowest BCUT2D eigenvalue weighted by molar-refractivity contribution is 0.305. The number of halogens is 2. The van der Waals surface area contributed by atoms with Gasteiger partial charge < -0.3 is 4.74 Å². The second-order valence-corrected chi connectivity index (χ2v) is 6.48. The van der Waals surface area contributed by atoms with Gasteiger partial charge in [0.1, 0.15) is 5.75 Å². The van der Waals surface area contributed by atoms with Crippen molar-refractivity contribution in [2.45, 2.75) is 32.6 Å². The van der Waals surface area contributed by atoms with Crippen molar-refractivity contribution in [3.8, 4) is 28.0 Å². The number of pyridine rings is 1. The average Bonchev–Trinajstić information content (AvgIpc) is 2.69. The van der Waals surface area contributed by atoms with Gasteiger partial charge in [0.2, 0.25) is 11.9 Å². The Hall–Kier alpha value is -2.75. The fraction of sp³-hybridized carbons (Fsp3) is 0.261. The first-order valence-corrected chi connectivity index (χ1v) is 9.33. The zero-order valence-electron chi connectivity index (χ0n) is 15.4. The van der Waals surface area contributed by atoms with Crippen molar-refractivity contribution >= 4 is 0 Å². The Morgan fingerprint density at radius 1 is 0.741 bits per heavy atom. The quantitative estimate of drug-likeness (QED) is 0.328. The highest BCUT2D eigenvalue weighted by Gasteiger charge is 2.08. The minimum Gasteiger partial charge on any atom is -0.494 e. The number of rotatable bonds is 8. The van der Waals surface area contributed by atoms with E-state index in [2.05, 4.69) is 11.9 Å². The van der Waals surface area contributed by atoms with Crippen molar-refractivity contribution < 1.29 is 13.5 Å². The molecule has 3 aromatic rings. The second-order valence-electron chi connectivity index (χ2n) is 6.48. The highest BCUT2D eigenvalue weighted by Crippen LogP contribution is 2.27. The SMILES string of the molecule is CCCCCCOc1ccc(-c2ccc(-c3ccc(F)nc3F)cc2)cc1. The molecule has 0 unspecified atom stereocenters. The Bertz CT molecular complexity index is 861. The van der Waals surface area contributed by atoms with Gasteiger partial charge >= 0.3 is 0 Å². The van der Waals surface area contributed by atoms with E-state index in [9.17, 15) is 8.78 Å². The molecule has 2 nitrogen and oxygen atoms in total. The summed E-state index contributed by atoms with van der Waals surface area (Å²) >= 11 is 0. The minimum atomic E-state index is -0.819. The molecule has 140 valence electrons. The van der Waals surface area contributed by atoms with E-state index in [0.717, 1.165) is 36.0 Å². The van der Waals surface area contributed by atoms with Gasteiger partial charge in [-0.05, 0) is 47.4 Å². The summed E-state index contributed by atoms with van der Waals surface area (Å²) in [6, 6.07) is 18.0. The van der Waals surface area contributed by atoms with Crippen LogP contribution in [0.3, 0.4) is 0 Å². The highest BCUT2D eigenvalue weighted by atomic mass is 19.1. The monoisotopic (exact) mass is 367 g/mol. The largest absolute Gasteiger partial charge is 0.494 e. The molecule has 1 heterocycles. The molecule has 0 fully saturated rings. The summed E-state index contributed by atoms with van der Waals surface area (Å²) in [6.07, 6.45) is 4.74. The molecule has 0 saturated carbocycles. The number of hydrogen-bond donors (Lipinski definition) is 0. The molecule has 0 spiro atoms. The third kappa shape index (κ3) is 5.13. The molecule has 0 amide bonds. The first kappa shape index (κ1) is 19.0. The van der Waals surface area contributed by atoms with Gasteiger partial charge in [-0.2, -0.15) is 13.8 Å². The summed E-state index contributed by atoms with van der Waals surface area (Å²) in [5.41, 5.74) is 3.02. The first-order valence-electron chi connectivity index (χ1n) is 9.33. The third-order valence-electron chi connectivity index (χ3n) is 4.46. The van der Waals surface area contributed by atoms with Crippen LogP contribution < -0.4 is 4.74 Å². The van der Waals surface area contributed by atoms with Gasteiger partial charge in [-0.3, -0.25) is 0 Å². The zero-order valence-corrected chi connectivity index (χ0v) is 15.4. The molecular weight excluding hydrogens is 344 g/mol. The second kappa shape index (κ2) is 9.26. The Kier molecular flexibility index (Phi) is 6.53. The molecular formula is C23H23F2NO. The summed E-state index contributed by atoms with van der Waals surface area (Å²) in [7, 11) is 0. The first-order chi connectivity index (χ1) is 13.2. The normalized spacial score (nSPS) is 10.8. The highest BCUT2D eigenvalue weighted by molar-refractivity contribution is 5.70. The van der Waals surface area contributed by atoms with E-state index < -0.39 is 11.9 Å². The molecule has 0 aliphatic rings. The fourth-order valence-electron chi connectivity index (χ4n) is 2.93. The predicted octanol–water partition coefficient (Wildman–Crippen LogP) is 6.65. The van der Waals surface area contributed by atoms with Crippen molar-refractivity contribution in [3.63, 3.8) is 0 Å². The fourth-order valence-corrected chi connectivity index (χ4v) is 2.93. The number of hydrogen-bond acceptors (Lipinski definition) is 2. The van der Waals surface area contributed by atoms with Gasteiger partial charge in [0.25, 0.3) is 0 Å². The maximum absolute atomic E-state index is 13.8. The molecule has 0 atom stereocenters. The van der Waals surface area contributed by atoms with E-state index in [1.165, 1.54) is 25.3 Å². The van der Waals surface area contributed by atoms with Gasteiger partial charge in [0.15, 0.2) is 0 Å². The van der Waals surface area contributed by atoms with Crippen LogP contribution in [0.15, 0.2) is 60.7 Å². The van der Waals surface area contributed by atoms with Gasteiger partial charge in [-0.15, -0.1) is 0 Å². The summed E-state index contributed by atoms with van der Waals surface area (Å²) in [6.45, 7) is 2.93. The molecule has 1 aromatic heterocycles.